The average molecular weight is 685 g/mol. The summed E-state index contributed by atoms with van der Waals surface area (Å²) in [5, 5.41) is 5.34. The molecule has 0 spiro atoms. The summed E-state index contributed by atoms with van der Waals surface area (Å²) in [6, 6.07) is 23.3. The number of ketones is 1. The molecule has 6 rings (SSSR count). The number of hydrogen-bond acceptors (Lipinski definition) is 7. The van der Waals surface area contributed by atoms with E-state index in [4.69, 9.17) is 18.3 Å². The molecule has 0 aliphatic rings. The van der Waals surface area contributed by atoms with Crippen molar-refractivity contribution in [1.82, 2.24) is 5.06 Å². The Labute approximate surface area is 290 Å². The Morgan fingerprint density at radius 2 is 1.22 bits per heavy atom. The minimum atomic E-state index is -0.0949. The van der Waals surface area contributed by atoms with Gasteiger partial charge in [-0.2, -0.15) is 6.42 Å². The van der Waals surface area contributed by atoms with Crippen LogP contribution in [0.4, 0.5) is 0 Å². The maximum absolute atomic E-state index is 11.6. The number of methoxy groups -OCH3 is 2. The summed E-state index contributed by atoms with van der Waals surface area (Å²) in [4.78, 5) is 26.2. The summed E-state index contributed by atoms with van der Waals surface area (Å²) in [6.07, 6.45) is 2.28. The molecule has 46 heavy (non-hydrogen) atoms. The molecule has 2 aromatic heterocycles. The monoisotopic (exact) mass is 683 g/mol. The van der Waals surface area contributed by atoms with E-state index in [-0.39, 0.29) is 30.6 Å². The van der Waals surface area contributed by atoms with E-state index in [9.17, 15) is 9.59 Å². The number of nitrogens with zero attached hydrogens (tertiary/aromatic N) is 1. The first kappa shape index (κ1) is 38.4. The first-order valence-electron chi connectivity index (χ1n) is 14.3. The normalized spacial score (nSPS) is 10.1. The van der Waals surface area contributed by atoms with Crippen LogP contribution in [0.15, 0.2) is 86.1 Å². The second-order valence-corrected chi connectivity index (χ2v) is 10.7. The Hall–Kier alpha value is -3.74. The van der Waals surface area contributed by atoms with Crippen LogP contribution in [0.2, 0.25) is 0 Å². The van der Waals surface area contributed by atoms with E-state index < -0.39 is 0 Å². The molecule has 0 aliphatic carbocycles. The van der Waals surface area contributed by atoms with Crippen LogP contribution in [0.3, 0.4) is 0 Å². The minimum absolute atomic E-state index is 0. The van der Waals surface area contributed by atoms with Crippen LogP contribution in [0.5, 0.6) is 11.5 Å². The molecule has 0 fully saturated rings. The molecule has 2 heterocycles. The number of unbranched alkanes of at least 4 members (excludes halogenated alkanes) is 1. The van der Waals surface area contributed by atoms with Gasteiger partial charge >= 0.3 is 18.9 Å². The van der Waals surface area contributed by atoms with E-state index in [1.165, 1.54) is 27.4 Å². The zero-order chi connectivity index (χ0) is 33.1. The summed E-state index contributed by atoms with van der Waals surface area (Å²) in [7, 11) is 6.23. The fourth-order valence-corrected chi connectivity index (χ4v) is 4.69. The third kappa shape index (κ3) is 9.40. The van der Waals surface area contributed by atoms with Gasteiger partial charge in [-0.25, -0.2) is 5.06 Å². The van der Waals surface area contributed by atoms with E-state index in [2.05, 4.69) is 40.7 Å². The largest absolute Gasteiger partial charge is 1.00 e. The molecule has 238 valence electrons. The number of para-hydroxylation sites is 2. The molecular formula is C36H39BrLiNO7. The molecule has 0 unspecified atom stereocenters. The summed E-state index contributed by atoms with van der Waals surface area (Å²) in [5.74, 6) is 1.28. The van der Waals surface area contributed by atoms with Crippen molar-refractivity contribution in [2.45, 2.75) is 33.6 Å². The second kappa shape index (κ2) is 18.4. The zero-order valence-corrected chi connectivity index (χ0v) is 29.3. The van der Waals surface area contributed by atoms with E-state index in [0.29, 0.717) is 16.9 Å². The Bertz CT molecular complexity index is 1890. The number of ether oxygens (including phenoxy) is 2. The van der Waals surface area contributed by atoms with Crippen LogP contribution in [0.1, 0.15) is 44.0 Å². The van der Waals surface area contributed by atoms with E-state index >= 15 is 0 Å². The number of rotatable bonds is 5. The first-order chi connectivity index (χ1) is 21.6. The zero-order valence-electron chi connectivity index (χ0n) is 27.7. The quantitative estimate of drug-likeness (QED) is 0.0854. The van der Waals surface area contributed by atoms with Gasteiger partial charge < -0.3 is 25.2 Å². The van der Waals surface area contributed by atoms with E-state index in [1.54, 1.807) is 27.3 Å². The maximum Gasteiger partial charge on any atom is 1.00 e. The third-order valence-corrected chi connectivity index (χ3v) is 7.42. The number of hydroxylamine groups is 2. The van der Waals surface area contributed by atoms with Crippen molar-refractivity contribution in [3.05, 3.63) is 89.8 Å². The van der Waals surface area contributed by atoms with Gasteiger partial charge in [0.05, 0.1) is 31.4 Å². The average Bonchev–Trinajstić information content (AvgIpc) is 3.60. The fourth-order valence-electron chi connectivity index (χ4n) is 4.21. The third-order valence-electron chi connectivity index (χ3n) is 6.80. The molecule has 0 radical (unpaired) electrons. The molecule has 0 atom stereocenters. The van der Waals surface area contributed by atoms with Crippen molar-refractivity contribution in [2.75, 3.05) is 28.4 Å². The van der Waals surface area contributed by atoms with Gasteiger partial charge in [-0.1, -0.05) is 49.7 Å². The van der Waals surface area contributed by atoms with Crippen molar-refractivity contribution in [3.63, 3.8) is 0 Å². The molecule has 4 aromatic carbocycles. The van der Waals surface area contributed by atoms with Crippen LogP contribution in [-0.2, 0) is 9.63 Å². The summed E-state index contributed by atoms with van der Waals surface area (Å²) < 4.78 is 22.9. The van der Waals surface area contributed by atoms with E-state index in [0.717, 1.165) is 60.0 Å². The molecule has 0 bridgehead atoms. The van der Waals surface area contributed by atoms with Crippen LogP contribution in [-0.4, -0.2) is 45.1 Å². The molecule has 0 aliphatic heterocycles. The Balaban J connectivity index is 0.000000241. The van der Waals surface area contributed by atoms with Crippen LogP contribution < -0.4 is 28.3 Å². The van der Waals surface area contributed by atoms with Crippen LogP contribution in [0, 0.1) is 6.92 Å². The van der Waals surface area contributed by atoms with Gasteiger partial charge in [-0.3, -0.25) is 14.4 Å². The van der Waals surface area contributed by atoms with Crippen molar-refractivity contribution < 1.29 is 51.6 Å². The van der Waals surface area contributed by atoms with Crippen LogP contribution >= 0.6 is 15.9 Å². The maximum atomic E-state index is 11.6. The number of Topliss-reactive ketones (excluding diaryl/α,β-unsaturated/α-hetero) is 1. The molecule has 10 heteroatoms. The van der Waals surface area contributed by atoms with Crippen LogP contribution in [0.25, 0.3) is 43.9 Å². The van der Waals surface area contributed by atoms with Gasteiger partial charge in [0.15, 0.2) is 5.78 Å². The van der Waals surface area contributed by atoms with Gasteiger partial charge in [0.2, 0.25) is 5.91 Å². The second-order valence-electron chi connectivity index (χ2n) is 9.84. The van der Waals surface area contributed by atoms with Gasteiger partial charge in [0, 0.05) is 35.5 Å². The van der Waals surface area contributed by atoms with Gasteiger partial charge in [0.1, 0.15) is 33.8 Å². The Morgan fingerprint density at radius 1 is 0.761 bits per heavy atom. The van der Waals surface area contributed by atoms with Crippen molar-refractivity contribution in [1.29, 1.82) is 0 Å². The number of carbonyl (C=O) groups is 2. The first-order valence-corrected chi connectivity index (χ1v) is 15.1. The number of furan rings is 2. The standard InChI is InChI=1S/C15H12O3.C13H9BrO2.C4H9NO2.C4H9.Li/c1-9(16)11-7-15-12(8-14(11)17-2)10-5-3-4-6-13(10)18-15;1-15-13-6-9-8-4-2-3-5-11(8)16-12(9)7-10(13)14;1-4(6)5(2)7-3;1-3-4-2;/h3-8H,1-2H3;2-7H,1H3;1-3H3;1,3-4H2,2H3;/q;;;-1;+1. The van der Waals surface area contributed by atoms with Crippen molar-refractivity contribution in [3.8, 4) is 11.5 Å². The summed E-state index contributed by atoms with van der Waals surface area (Å²) >= 11 is 3.45. The number of amides is 1. The van der Waals surface area contributed by atoms with Gasteiger partial charge in [0.25, 0.3) is 0 Å². The Kier molecular flexibility index (Phi) is 15.4. The van der Waals surface area contributed by atoms with E-state index in [1.807, 2.05) is 60.7 Å². The predicted octanol–water partition coefficient (Wildman–Crippen LogP) is 6.80. The number of fused-ring (bicyclic) bond motifs is 6. The SMILES string of the molecule is CON(C)C(C)=O.COc1cc2c(cc1Br)oc1ccccc12.COc1cc2c(cc1C(C)=O)oc1ccccc12.[CH2-]CCC.[Li+]. The minimum Gasteiger partial charge on any atom is -0.496 e. The molecule has 1 amide bonds. The van der Waals surface area contributed by atoms with Crippen molar-refractivity contribution in [2.24, 2.45) is 0 Å². The topological polar surface area (TPSA) is 91.4 Å². The summed E-state index contributed by atoms with van der Waals surface area (Å²) in [6.45, 7) is 8.68. The van der Waals surface area contributed by atoms with Gasteiger partial charge in [-0.05, 0) is 59.3 Å². The number of hydrogen-bond donors (Lipinski definition) is 0. The molecule has 8 nitrogen and oxygen atoms in total. The molecule has 6 aromatic rings. The molecule has 0 saturated heterocycles. The number of carbonyl (C=O) groups excluding carboxylic acids is 2. The Morgan fingerprint density at radius 3 is 1.61 bits per heavy atom. The number of halogens is 1. The van der Waals surface area contributed by atoms with Gasteiger partial charge in [-0.15, -0.1) is 0 Å². The number of benzene rings is 4. The molecule has 0 saturated carbocycles. The molecule has 0 N–H and O–H groups in total. The fraction of sp³-hybridized carbons (Fsp3) is 0.250. The molecular weight excluding hydrogens is 645 g/mol. The van der Waals surface area contributed by atoms with Crippen molar-refractivity contribution >= 4 is 71.5 Å². The smallest absolute Gasteiger partial charge is 0.496 e. The summed E-state index contributed by atoms with van der Waals surface area (Å²) in [5.41, 5.74) is 3.84. The predicted molar refractivity (Wildman–Crippen MR) is 184 cm³/mol.